The summed E-state index contributed by atoms with van der Waals surface area (Å²) >= 11 is 0. The number of hydrazone groups is 1. The van der Waals surface area contributed by atoms with Crippen molar-refractivity contribution in [1.29, 1.82) is 0 Å². The molecule has 0 radical (unpaired) electrons. The second-order valence-electron chi connectivity index (χ2n) is 6.32. The third-order valence-electron chi connectivity index (χ3n) is 4.36. The molecule has 2 N–H and O–H groups in total. The lowest BCUT2D eigenvalue weighted by atomic mass is 10.2. The number of carbonyl (C=O) groups is 1. The summed E-state index contributed by atoms with van der Waals surface area (Å²) in [5.74, 6) is 0.0392. The maximum absolute atomic E-state index is 12.3. The van der Waals surface area contributed by atoms with Crippen molar-refractivity contribution in [3.8, 4) is 17.2 Å². The summed E-state index contributed by atoms with van der Waals surface area (Å²) < 4.78 is 7.45. The van der Waals surface area contributed by atoms with Crippen LogP contribution < -0.4 is 10.2 Å². The molecule has 0 aliphatic carbocycles. The molecule has 3 aromatic rings. The highest BCUT2D eigenvalue weighted by Gasteiger charge is 2.08. The van der Waals surface area contributed by atoms with Crippen LogP contribution in [0.5, 0.6) is 11.5 Å². The number of hydrogen-bond donors (Lipinski definition) is 2. The maximum Gasteiger partial charge on any atom is 0.271 e. The second kappa shape index (κ2) is 8.43. The largest absolute Gasteiger partial charge is 0.504 e. The van der Waals surface area contributed by atoms with E-state index in [1.165, 1.54) is 6.21 Å². The first-order valence-corrected chi connectivity index (χ1v) is 9.05. The summed E-state index contributed by atoms with van der Waals surface area (Å²) in [6.45, 7) is 6.37. The van der Waals surface area contributed by atoms with Crippen LogP contribution in [0.1, 0.15) is 34.2 Å². The molecule has 0 aliphatic heterocycles. The monoisotopic (exact) mass is 377 g/mol. The molecule has 0 saturated heterocycles. The first kappa shape index (κ1) is 19.2. The van der Waals surface area contributed by atoms with Gasteiger partial charge in [0.25, 0.3) is 5.91 Å². The number of hydrogen-bond acceptors (Lipinski definition) is 4. The van der Waals surface area contributed by atoms with Crippen LogP contribution in [0.25, 0.3) is 5.69 Å². The minimum atomic E-state index is -0.329. The van der Waals surface area contributed by atoms with Gasteiger partial charge >= 0.3 is 0 Å². The zero-order valence-electron chi connectivity index (χ0n) is 16.1. The molecule has 1 heterocycles. The zero-order chi connectivity index (χ0) is 20.1. The minimum absolute atomic E-state index is 0.0100. The predicted molar refractivity (Wildman–Crippen MR) is 110 cm³/mol. The Morgan fingerprint density at radius 1 is 1.11 bits per heavy atom. The Morgan fingerprint density at radius 2 is 1.79 bits per heavy atom. The second-order valence-corrected chi connectivity index (χ2v) is 6.32. The molecule has 0 unspecified atom stereocenters. The smallest absolute Gasteiger partial charge is 0.271 e. The number of nitrogens with one attached hydrogen (secondary N) is 1. The van der Waals surface area contributed by atoms with Crippen molar-refractivity contribution in [2.75, 3.05) is 6.61 Å². The topological polar surface area (TPSA) is 75.8 Å². The van der Waals surface area contributed by atoms with Gasteiger partial charge in [-0.25, -0.2) is 5.43 Å². The maximum atomic E-state index is 12.3. The standard InChI is InChI=1S/C22H23N3O3/c1-4-28-20-7-5-6-18(21(20)26)14-23-24-22(27)17-10-12-19(13-11-17)25-15(2)8-9-16(25)3/h5-14,26H,4H2,1-3H3,(H,24,27)/b23-14+. The summed E-state index contributed by atoms with van der Waals surface area (Å²) in [6, 6.07) is 16.5. The molecule has 6 nitrogen and oxygen atoms in total. The fourth-order valence-corrected chi connectivity index (χ4v) is 2.98. The van der Waals surface area contributed by atoms with E-state index in [1.54, 1.807) is 30.3 Å². The third-order valence-corrected chi connectivity index (χ3v) is 4.36. The van der Waals surface area contributed by atoms with E-state index in [0.717, 1.165) is 17.1 Å². The highest BCUT2D eigenvalue weighted by atomic mass is 16.5. The number of amides is 1. The number of benzene rings is 2. The Kier molecular flexibility index (Phi) is 5.79. The summed E-state index contributed by atoms with van der Waals surface area (Å²) in [7, 11) is 0. The average Bonchev–Trinajstić information content (AvgIpc) is 3.03. The van der Waals surface area contributed by atoms with Crippen molar-refractivity contribution < 1.29 is 14.6 Å². The Bertz CT molecular complexity index is 985. The molecule has 1 aromatic heterocycles. The summed E-state index contributed by atoms with van der Waals surface area (Å²) in [5.41, 5.74) is 6.69. The van der Waals surface area contributed by atoms with Crippen LogP contribution in [-0.4, -0.2) is 28.4 Å². The molecule has 0 fully saturated rings. The molecule has 0 saturated carbocycles. The van der Waals surface area contributed by atoms with Crippen LogP contribution in [0.4, 0.5) is 0 Å². The molecule has 0 spiro atoms. The van der Waals surface area contributed by atoms with Gasteiger partial charge in [-0.15, -0.1) is 0 Å². The number of carbonyl (C=O) groups excluding carboxylic acids is 1. The number of phenols is 1. The SMILES string of the molecule is CCOc1cccc(/C=N/NC(=O)c2ccc(-n3c(C)ccc3C)cc2)c1O. The minimum Gasteiger partial charge on any atom is -0.504 e. The van der Waals surface area contributed by atoms with Gasteiger partial charge in [0.1, 0.15) is 0 Å². The van der Waals surface area contributed by atoms with E-state index >= 15 is 0 Å². The lowest BCUT2D eigenvalue weighted by molar-refractivity contribution is 0.0955. The lowest BCUT2D eigenvalue weighted by Gasteiger charge is -2.10. The summed E-state index contributed by atoms with van der Waals surface area (Å²) in [6.07, 6.45) is 1.39. The molecule has 28 heavy (non-hydrogen) atoms. The van der Waals surface area contributed by atoms with Gasteiger partial charge in [-0.05, 0) is 69.3 Å². The van der Waals surface area contributed by atoms with E-state index < -0.39 is 0 Å². The average molecular weight is 377 g/mol. The van der Waals surface area contributed by atoms with E-state index in [2.05, 4.69) is 27.2 Å². The number of aromatic hydroxyl groups is 1. The van der Waals surface area contributed by atoms with Crippen molar-refractivity contribution in [1.82, 2.24) is 9.99 Å². The molecule has 3 rings (SSSR count). The van der Waals surface area contributed by atoms with Crippen LogP contribution in [0, 0.1) is 13.8 Å². The normalized spacial score (nSPS) is 11.0. The van der Waals surface area contributed by atoms with Gasteiger partial charge < -0.3 is 14.4 Å². The Hall–Kier alpha value is -3.54. The number of aromatic nitrogens is 1. The number of nitrogens with zero attached hydrogens (tertiary/aromatic N) is 2. The summed E-state index contributed by atoms with van der Waals surface area (Å²) in [5, 5.41) is 14.1. The number of ether oxygens (including phenoxy) is 1. The number of rotatable bonds is 6. The van der Waals surface area contributed by atoms with Crippen molar-refractivity contribution in [3.05, 3.63) is 77.1 Å². The molecular weight excluding hydrogens is 354 g/mol. The van der Waals surface area contributed by atoms with Crippen molar-refractivity contribution >= 4 is 12.1 Å². The zero-order valence-corrected chi connectivity index (χ0v) is 16.1. The van der Waals surface area contributed by atoms with Crippen LogP contribution >= 0.6 is 0 Å². The van der Waals surface area contributed by atoms with Gasteiger partial charge in [0.2, 0.25) is 0 Å². The van der Waals surface area contributed by atoms with E-state index in [1.807, 2.05) is 32.9 Å². The van der Waals surface area contributed by atoms with Crippen molar-refractivity contribution in [2.24, 2.45) is 5.10 Å². The highest BCUT2D eigenvalue weighted by Crippen LogP contribution is 2.28. The summed E-state index contributed by atoms with van der Waals surface area (Å²) in [4.78, 5) is 12.3. The number of phenolic OH excluding ortho intramolecular Hbond substituents is 1. The van der Waals surface area contributed by atoms with Crippen LogP contribution in [0.2, 0.25) is 0 Å². The molecule has 6 heteroatoms. The fourth-order valence-electron chi connectivity index (χ4n) is 2.98. The van der Waals surface area contributed by atoms with Crippen LogP contribution in [-0.2, 0) is 0 Å². The number of para-hydroxylation sites is 1. The van der Waals surface area contributed by atoms with E-state index in [4.69, 9.17) is 4.74 Å². The van der Waals surface area contributed by atoms with Gasteiger partial charge in [-0.1, -0.05) is 6.07 Å². The molecule has 0 atom stereocenters. The van der Waals surface area contributed by atoms with Crippen molar-refractivity contribution in [2.45, 2.75) is 20.8 Å². The Morgan fingerprint density at radius 3 is 2.43 bits per heavy atom. The van der Waals surface area contributed by atoms with Gasteiger partial charge in [0.15, 0.2) is 11.5 Å². The Balaban J connectivity index is 1.69. The van der Waals surface area contributed by atoms with Crippen molar-refractivity contribution in [3.63, 3.8) is 0 Å². The van der Waals surface area contributed by atoms with E-state index in [9.17, 15) is 9.90 Å². The predicted octanol–water partition coefficient (Wildman–Crippen LogP) is 3.96. The molecule has 0 bridgehead atoms. The van der Waals surface area contributed by atoms with Gasteiger partial charge in [-0.3, -0.25) is 4.79 Å². The molecular formula is C22H23N3O3. The Labute approximate surface area is 164 Å². The molecule has 0 aliphatic rings. The lowest BCUT2D eigenvalue weighted by Crippen LogP contribution is -2.17. The quantitative estimate of drug-likeness (QED) is 0.504. The number of aryl methyl sites for hydroxylation is 2. The van der Waals surface area contributed by atoms with E-state index in [0.29, 0.717) is 23.5 Å². The molecule has 2 aromatic carbocycles. The van der Waals surface area contributed by atoms with Crippen LogP contribution in [0.3, 0.4) is 0 Å². The third kappa shape index (κ3) is 4.06. The van der Waals surface area contributed by atoms with Gasteiger partial charge in [-0.2, -0.15) is 5.10 Å². The first-order chi connectivity index (χ1) is 13.5. The highest BCUT2D eigenvalue weighted by molar-refractivity contribution is 5.95. The molecule has 1 amide bonds. The van der Waals surface area contributed by atoms with Crippen LogP contribution in [0.15, 0.2) is 59.7 Å². The fraction of sp³-hybridized carbons (Fsp3) is 0.182. The van der Waals surface area contributed by atoms with Gasteiger partial charge in [0.05, 0.1) is 12.8 Å². The molecule has 144 valence electrons. The first-order valence-electron chi connectivity index (χ1n) is 9.05. The van der Waals surface area contributed by atoms with E-state index in [-0.39, 0.29) is 11.7 Å². The van der Waals surface area contributed by atoms with Gasteiger partial charge in [0, 0.05) is 28.2 Å².